The molecule has 0 aliphatic carbocycles. The van der Waals surface area contributed by atoms with Crippen LogP contribution in [0.1, 0.15) is 0 Å². The Morgan fingerprint density at radius 1 is 1.24 bits per heavy atom. The normalized spacial score (nSPS) is 10.0. The predicted molar refractivity (Wildman–Crippen MR) is 59.0 cm³/mol. The molecule has 0 bridgehead atoms. The van der Waals surface area contributed by atoms with Crippen LogP contribution in [0.5, 0.6) is 11.8 Å². The molecule has 0 aromatic carbocycles. The van der Waals surface area contributed by atoms with Gasteiger partial charge >= 0.3 is 11.7 Å². The average molecular weight is 234 g/mol. The van der Waals surface area contributed by atoms with Gasteiger partial charge in [-0.15, -0.1) is 4.98 Å². The maximum atomic E-state index is 11.3. The van der Waals surface area contributed by atoms with Gasteiger partial charge in [-0.05, 0) is 12.1 Å². The minimum Gasteiger partial charge on any atom is -0.494 e. The lowest BCUT2D eigenvalue weighted by Crippen LogP contribution is -2.14. The first-order valence-electron chi connectivity index (χ1n) is 4.76. The zero-order chi connectivity index (χ0) is 12.3. The summed E-state index contributed by atoms with van der Waals surface area (Å²) in [5, 5.41) is 0. The third-order valence-electron chi connectivity index (χ3n) is 2.03. The van der Waals surface area contributed by atoms with Crippen molar-refractivity contribution in [3.63, 3.8) is 0 Å². The van der Waals surface area contributed by atoms with Crippen LogP contribution in [0.2, 0.25) is 0 Å². The lowest BCUT2D eigenvalue weighted by Gasteiger charge is -2.06. The topological polar surface area (TPSA) is 90.0 Å². The summed E-state index contributed by atoms with van der Waals surface area (Å²) in [7, 11) is 2.89. The van der Waals surface area contributed by atoms with Crippen LogP contribution >= 0.6 is 0 Å². The summed E-state index contributed by atoms with van der Waals surface area (Å²) in [6.07, 6.45) is 1.57. The molecule has 0 saturated carbocycles. The molecule has 2 heterocycles. The van der Waals surface area contributed by atoms with Crippen molar-refractivity contribution in [3.8, 4) is 23.3 Å². The van der Waals surface area contributed by atoms with E-state index in [1.54, 1.807) is 18.3 Å². The highest BCUT2D eigenvalue weighted by Gasteiger charge is 2.11. The number of aromatic nitrogens is 4. The lowest BCUT2D eigenvalue weighted by molar-refractivity contribution is 0.376. The second-order valence-corrected chi connectivity index (χ2v) is 3.04. The number of hydrogen-bond acceptors (Lipinski definition) is 6. The number of aromatic amines is 1. The lowest BCUT2D eigenvalue weighted by atomic mass is 10.3. The summed E-state index contributed by atoms with van der Waals surface area (Å²) >= 11 is 0. The van der Waals surface area contributed by atoms with Crippen molar-refractivity contribution in [3.05, 3.63) is 28.8 Å². The minimum atomic E-state index is -0.556. The first kappa shape index (κ1) is 11.1. The van der Waals surface area contributed by atoms with Crippen LogP contribution in [0.3, 0.4) is 0 Å². The number of rotatable bonds is 3. The van der Waals surface area contributed by atoms with Crippen LogP contribution in [-0.2, 0) is 0 Å². The summed E-state index contributed by atoms with van der Waals surface area (Å²) in [6.45, 7) is 0. The van der Waals surface area contributed by atoms with Crippen LogP contribution in [0.4, 0.5) is 0 Å². The van der Waals surface area contributed by atoms with E-state index in [1.165, 1.54) is 14.2 Å². The highest BCUT2D eigenvalue weighted by Crippen LogP contribution is 2.23. The van der Waals surface area contributed by atoms with Gasteiger partial charge in [0.05, 0.1) is 14.2 Å². The number of nitrogens with zero attached hydrogens (tertiary/aromatic N) is 3. The fourth-order valence-corrected chi connectivity index (χ4v) is 1.30. The van der Waals surface area contributed by atoms with Crippen molar-refractivity contribution in [2.24, 2.45) is 0 Å². The molecule has 0 atom stereocenters. The molecule has 0 spiro atoms. The molecule has 0 fully saturated rings. The number of hydrogen-bond donors (Lipinski definition) is 1. The van der Waals surface area contributed by atoms with Crippen molar-refractivity contribution in [2.45, 2.75) is 0 Å². The summed E-state index contributed by atoms with van der Waals surface area (Å²) in [5.74, 6) is 0.753. The third kappa shape index (κ3) is 2.22. The van der Waals surface area contributed by atoms with Gasteiger partial charge in [0.25, 0.3) is 0 Å². The summed E-state index contributed by atoms with van der Waals surface area (Å²) in [5.41, 5.74) is -0.132. The molecular weight excluding hydrogens is 224 g/mol. The molecule has 17 heavy (non-hydrogen) atoms. The van der Waals surface area contributed by atoms with Crippen molar-refractivity contribution in [2.75, 3.05) is 14.2 Å². The van der Waals surface area contributed by atoms with Gasteiger partial charge < -0.3 is 9.47 Å². The monoisotopic (exact) mass is 234 g/mol. The van der Waals surface area contributed by atoms with Gasteiger partial charge in [-0.25, -0.2) is 9.78 Å². The van der Waals surface area contributed by atoms with E-state index in [2.05, 4.69) is 19.9 Å². The van der Waals surface area contributed by atoms with Crippen molar-refractivity contribution >= 4 is 0 Å². The van der Waals surface area contributed by atoms with Gasteiger partial charge in [-0.2, -0.15) is 4.98 Å². The van der Waals surface area contributed by atoms with E-state index >= 15 is 0 Å². The van der Waals surface area contributed by atoms with E-state index in [1.807, 2.05) is 0 Å². The molecule has 0 amide bonds. The third-order valence-corrected chi connectivity index (χ3v) is 2.03. The molecule has 0 saturated heterocycles. The summed E-state index contributed by atoms with van der Waals surface area (Å²) in [6, 6.07) is 3.42. The summed E-state index contributed by atoms with van der Waals surface area (Å²) in [4.78, 5) is 25.4. The van der Waals surface area contributed by atoms with Gasteiger partial charge in [0.1, 0.15) is 11.4 Å². The highest BCUT2D eigenvalue weighted by atomic mass is 16.5. The number of pyridine rings is 1. The van der Waals surface area contributed by atoms with E-state index in [9.17, 15) is 4.79 Å². The molecule has 7 nitrogen and oxygen atoms in total. The molecule has 2 aromatic heterocycles. The minimum absolute atomic E-state index is 0.0172. The van der Waals surface area contributed by atoms with Gasteiger partial charge in [-0.1, -0.05) is 0 Å². The smallest absolute Gasteiger partial charge is 0.351 e. The van der Waals surface area contributed by atoms with Crippen LogP contribution in [0, 0.1) is 0 Å². The Labute approximate surface area is 96.5 Å². The number of ether oxygens (including phenoxy) is 2. The van der Waals surface area contributed by atoms with Gasteiger partial charge in [-0.3, -0.25) is 4.98 Å². The van der Waals surface area contributed by atoms with Gasteiger partial charge in [0.15, 0.2) is 5.82 Å². The Morgan fingerprint density at radius 2 is 2.06 bits per heavy atom. The van der Waals surface area contributed by atoms with Crippen molar-refractivity contribution < 1.29 is 9.47 Å². The number of nitrogens with one attached hydrogen (secondary N) is 1. The fraction of sp³-hybridized carbons (Fsp3) is 0.200. The SMILES string of the molecule is COc1nc(-c2ncccc2OC)[nH]c(=O)n1. The zero-order valence-corrected chi connectivity index (χ0v) is 9.30. The zero-order valence-electron chi connectivity index (χ0n) is 9.30. The first-order chi connectivity index (χ1) is 8.24. The Kier molecular flexibility index (Phi) is 2.99. The molecular formula is C10H10N4O3. The largest absolute Gasteiger partial charge is 0.494 e. The van der Waals surface area contributed by atoms with Gasteiger partial charge in [0.2, 0.25) is 0 Å². The first-order valence-corrected chi connectivity index (χ1v) is 4.76. The number of methoxy groups -OCH3 is 2. The average Bonchev–Trinajstić information content (AvgIpc) is 2.37. The van der Waals surface area contributed by atoms with E-state index in [0.29, 0.717) is 11.4 Å². The van der Waals surface area contributed by atoms with Crippen molar-refractivity contribution in [1.29, 1.82) is 0 Å². The van der Waals surface area contributed by atoms with E-state index in [-0.39, 0.29) is 11.8 Å². The Hall–Kier alpha value is -2.44. The molecule has 0 aliphatic rings. The molecule has 0 aliphatic heterocycles. The molecule has 88 valence electrons. The molecule has 7 heteroatoms. The molecule has 2 rings (SSSR count). The van der Waals surface area contributed by atoms with Crippen LogP contribution < -0.4 is 15.2 Å². The highest BCUT2D eigenvalue weighted by molar-refractivity contribution is 5.58. The molecule has 0 unspecified atom stereocenters. The number of H-pyrrole nitrogens is 1. The van der Waals surface area contributed by atoms with Crippen LogP contribution in [-0.4, -0.2) is 34.2 Å². The summed E-state index contributed by atoms with van der Waals surface area (Å²) < 4.78 is 9.95. The molecule has 1 N–H and O–H groups in total. The molecule has 0 radical (unpaired) electrons. The molecule has 2 aromatic rings. The van der Waals surface area contributed by atoms with E-state index < -0.39 is 5.69 Å². The second kappa shape index (κ2) is 4.60. The maximum Gasteiger partial charge on any atom is 0.351 e. The van der Waals surface area contributed by atoms with Crippen LogP contribution in [0.15, 0.2) is 23.1 Å². The Bertz CT molecular complexity index is 582. The van der Waals surface area contributed by atoms with E-state index in [4.69, 9.17) is 9.47 Å². The second-order valence-electron chi connectivity index (χ2n) is 3.04. The van der Waals surface area contributed by atoms with Crippen LogP contribution in [0.25, 0.3) is 11.5 Å². The Morgan fingerprint density at radius 3 is 2.76 bits per heavy atom. The van der Waals surface area contributed by atoms with Crippen molar-refractivity contribution in [1.82, 2.24) is 19.9 Å². The Balaban J connectivity index is 2.59. The predicted octanol–water partition coefficient (Wildman–Crippen LogP) is 0.244. The van der Waals surface area contributed by atoms with Gasteiger partial charge in [0, 0.05) is 6.20 Å². The quantitative estimate of drug-likeness (QED) is 0.818. The fourth-order valence-electron chi connectivity index (χ4n) is 1.30. The van der Waals surface area contributed by atoms with E-state index in [0.717, 1.165) is 0 Å². The maximum absolute atomic E-state index is 11.3. The standard InChI is InChI=1S/C10H10N4O3/c1-16-6-4-3-5-11-7(6)8-12-9(15)14-10(13-8)17-2/h3-5H,1-2H3,(H,12,13,14,15).